The third kappa shape index (κ3) is 84.9. The molecule has 0 bridgehead atoms. The third-order valence-corrected chi connectivity index (χ3v) is 21.3. The van der Waals surface area contributed by atoms with Crippen LogP contribution in [0.5, 0.6) is 0 Å². The predicted octanol–water partition coefficient (Wildman–Crippen LogP) is 29.2. The van der Waals surface area contributed by atoms with Crippen LogP contribution in [0.3, 0.4) is 0 Å². The van der Waals surface area contributed by atoms with Crippen LogP contribution in [0, 0.1) is 0 Å². The fourth-order valence-electron chi connectivity index (χ4n) is 13.7. The molecular formula is C90H172NO8P. The number of hydrogen-bond acceptors (Lipinski definition) is 8. The van der Waals surface area contributed by atoms with Gasteiger partial charge in [-0.2, -0.15) is 0 Å². The van der Waals surface area contributed by atoms with E-state index >= 15 is 0 Å². The molecule has 100 heavy (non-hydrogen) atoms. The van der Waals surface area contributed by atoms with Crippen molar-refractivity contribution >= 4 is 19.8 Å². The van der Waals surface area contributed by atoms with E-state index < -0.39 is 26.5 Å². The van der Waals surface area contributed by atoms with Crippen molar-refractivity contribution in [2.75, 3.05) is 47.5 Å². The first kappa shape index (κ1) is 98.0. The number of nitrogens with zero attached hydrogens (tertiary/aromatic N) is 1. The molecule has 2 atom stereocenters. The summed E-state index contributed by atoms with van der Waals surface area (Å²) in [4.78, 5) is 38.3. The molecule has 0 saturated carbocycles. The molecule has 0 aromatic heterocycles. The van der Waals surface area contributed by atoms with Gasteiger partial charge in [0.2, 0.25) is 0 Å². The maximum absolute atomic E-state index is 12.9. The maximum Gasteiger partial charge on any atom is 0.306 e. The second kappa shape index (κ2) is 81.1. The van der Waals surface area contributed by atoms with Crippen LogP contribution in [0.25, 0.3) is 0 Å². The fourth-order valence-corrected chi connectivity index (χ4v) is 14.4. The number of rotatable bonds is 84. The van der Waals surface area contributed by atoms with Gasteiger partial charge in [-0.25, -0.2) is 0 Å². The lowest BCUT2D eigenvalue weighted by Crippen LogP contribution is -2.37. The first-order valence-electron chi connectivity index (χ1n) is 44.3. The van der Waals surface area contributed by atoms with E-state index in [2.05, 4.69) is 62.5 Å². The van der Waals surface area contributed by atoms with Gasteiger partial charge in [-0.3, -0.25) is 14.2 Å². The number of carbonyl (C=O) groups is 2. The number of phosphoric ester groups is 1. The van der Waals surface area contributed by atoms with Gasteiger partial charge in [-0.15, -0.1) is 0 Å². The average Bonchev–Trinajstić information content (AvgIpc) is 1.02. The molecule has 10 heteroatoms. The molecule has 0 N–H and O–H groups in total. The zero-order valence-corrected chi connectivity index (χ0v) is 68.6. The topological polar surface area (TPSA) is 111 Å². The minimum Gasteiger partial charge on any atom is -0.756 e. The maximum atomic E-state index is 12.9. The highest BCUT2D eigenvalue weighted by Gasteiger charge is 2.22. The van der Waals surface area contributed by atoms with Crippen LogP contribution in [-0.2, 0) is 32.7 Å². The van der Waals surface area contributed by atoms with Gasteiger partial charge in [0.05, 0.1) is 27.7 Å². The Morgan fingerprint density at radius 1 is 0.320 bits per heavy atom. The molecule has 0 radical (unpaired) electrons. The summed E-state index contributed by atoms with van der Waals surface area (Å²) in [7, 11) is 1.19. The molecule has 0 aliphatic heterocycles. The smallest absolute Gasteiger partial charge is 0.306 e. The highest BCUT2D eigenvalue weighted by molar-refractivity contribution is 7.45. The number of phosphoric acid groups is 1. The predicted molar refractivity (Wildman–Crippen MR) is 434 cm³/mol. The molecule has 9 nitrogen and oxygen atoms in total. The van der Waals surface area contributed by atoms with E-state index in [1.165, 1.54) is 372 Å². The molecule has 0 fully saturated rings. The molecule has 0 rings (SSSR count). The highest BCUT2D eigenvalue weighted by atomic mass is 31.2. The largest absolute Gasteiger partial charge is 0.756 e. The molecule has 0 aliphatic carbocycles. The van der Waals surface area contributed by atoms with E-state index in [0.717, 1.165) is 57.8 Å². The quantitative estimate of drug-likeness (QED) is 0.0195. The van der Waals surface area contributed by atoms with Crippen molar-refractivity contribution in [1.29, 1.82) is 0 Å². The van der Waals surface area contributed by atoms with Gasteiger partial charge in [-0.1, -0.05) is 448 Å². The van der Waals surface area contributed by atoms with E-state index in [1.807, 2.05) is 21.1 Å². The molecule has 590 valence electrons. The molecule has 0 amide bonds. The lowest BCUT2D eigenvalue weighted by atomic mass is 10.0. The monoisotopic (exact) mass is 1430 g/mol. The van der Waals surface area contributed by atoms with Crippen LogP contribution in [0.2, 0.25) is 0 Å². The Hall–Kier alpha value is -2.03. The van der Waals surface area contributed by atoms with Gasteiger partial charge < -0.3 is 27.9 Å². The van der Waals surface area contributed by atoms with Crippen LogP contribution >= 0.6 is 7.82 Å². The van der Waals surface area contributed by atoms with Crippen molar-refractivity contribution in [3.05, 3.63) is 48.6 Å². The highest BCUT2D eigenvalue weighted by Crippen LogP contribution is 2.38. The van der Waals surface area contributed by atoms with Crippen LogP contribution in [-0.4, -0.2) is 70.0 Å². The van der Waals surface area contributed by atoms with Crippen molar-refractivity contribution in [2.24, 2.45) is 0 Å². The SMILES string of the molecule is CC/C=C\C/C=C\C/C=C\C/C=C\CCCCCCCCCCCCCCCCCCCCCCCCCCC(=O)OC(COC(=O)CCCCCCCCCCCCCCCCCCCCCCCCCCCCCCCCCCCCCCCCC)COP(=O)([O-])OCC[N+](C)(C)C. The molecule has 0 aliphatic rings. The zero-order chi connectivity index (χ0) is 72.5. The molecule has 0 heterocycles. The first-order valence-corrected chi connectivity index (χ1v) is 45.8. The van der Waals surface area contributed by atoms with Crippen LogP contribution in [0.1, 0.15) is 463 Å². The summed E-state index contributed by atoms with van der Waals surface area (Å²) in [6.07, 6.45) is 109. The number of quaternary nitrogens is 1. The Morgan fingerprint density at radius 3 is 0.850 bits per heavy atom. The van der Waals surface area contributed by atoms with Gasteiger partial charge >= 0.3 is 11.9 Å². The number of hydrogen-bond donors (Lipinski definition) is 0. The van der Waals surface area contributed by atoms with E-state index in [1.54, 1.807) is 0 Å². The normalized spacial score (nSPS) is 13.1. The van der Waals surface area contributed by atoms with Crippen LogP contribution in [0.15, 0.2) is 48.6 Å². The van der Waals surface area contributed by atoms with Gasteiger partial charge in [0.25, 0.3) is 7.82 Å². The average molecular weight is 1430 g/mol. The first-order chi connectivity index (χ1) is 49.0. The lowest BCUT2D eigenvalue weighted by Gasteiger charge is -2.28. The van der Waals surface area contributed by atoms with E-state index in [0.29, 0.717) is 17.4 Å². The summed E-state index contributed by atoms with van der Waals surface area (Å²) in [5, 5.41) is 0. The van der Waals surface area contributed by atoms with Crippen molar-refractivity contribution in [1.82, 2.24) is 0 Å². The Bertz CT molecular complexity index is 1830. The lowest BCUT2D eigenvalue weighted by molar-refractivity contribution is -0.870. The minimum atomic E-state index is -4.64. The molecule has 2 unspecified atom stereocenters. The summed E-state index contributed by atoms with van der Waals surface area (Å²) in [5.74, 6) is -0.804. The Labute approximate surface area is 624 Å². The van der Waals surface area contributed by atoms with Crippen molar-refractivity contribution < 1.29 is 42.1 Å². The van der Waals surface area contributed by atoms with E-state index in [9.17, 15) is 19.0 Å². The van der Waals surface area contributed by atoms with Crippen molar-refractivity contribution in [2.45, 2.75) is 469 Å². The molecule has 0 aromatic rings. The van der Waals surface area contributed by atoms with Gasteiger partial charge in [0, 0.05) is 12.8 Å². The summed E-state index contributed by atoms with van der Waals surface area (Å²) >= 11 is 0. The van der Waals surface area contributed by atoms with Crippen LogP contribution < -0.4 is 4.89 Å². The summed E-state index contributed by atoms with van der Waals surface area (Å²) < 4.78 is 34.5. The van der Waals surface area contributed by atoms with Crippen molar-refractivity contribution in [3.63, 3.8) is 0 Å². The summed E-state index contributed by atoms with van der Waals surface area (Å²) in [6, 6.07) is 0. The molecule has 0 aromatic carbocycles. The molecule has 0 saturated heterocycles. The third-order valence-electron chi connectivity index (χ3n) is 20.4. The Morgan fingerprint density at radius 2 is 0.570 bits per heavy atom. The van der Waals surface area contributed by atoms with Crippen LogP contribution in [0.4, 0.5) is 0 Å². The second-order valence-corrected chi connectivity index (χ2v) is 33.0. The number of esters is 2. The standard InChI is InChI=1S/C90H172NO8P/c1-6-8-10-12-14-16-18-20-22-24-26-28-30-32-34-36-38-40-42-44-45-47-48-50-52-54-56-58-60-62-64-66-68-70-72-74-76-78-80-82-89(92)96-86-88(87-98-100(94,95)97-85-84-91(3,4)5)99-90(93)83-81-79-77-75-73-71-69-67-65-63-61-59-57-55-53-51-49-46-43-41-39-37-35-33-31-29-27-25-23-21-19-17-15-13-11-9-7-2/h9,11,15,17,21,23,27,29,88H,6-8,10,12-14,16,18-20,22,24-26,28,30-87H2,1-5H3/b11-9-,17-15-,23-21-,29-27-. The number of likely N-dealkylation sites (N-methyl/N-ethyl adjacent to an activating group) is 1. The Kier molecular flexibility index (Phi) is 79.4. The number of carbonyl (C=O) groups excluding carboxylic acids is 2. The number of unbranched alkanes of at least 4 members (excludes halogenated alkanes) is 62. The minimum absolute atomic E-state index is 0.0271. The van der Waals surface area contributed by atoms with E-state index in [4.69, 9.17) is 18.5 Å². The zero-order valence-electron chi connectivity index (χ0n) is 67.7. The van der Waals surface area contributed by atoms with E-state index in [-0.39, 0.29) is 32.0 Å². The van der Waals surface area contributed by atoms with Gasteiger partial charge in [-0.05, 0) is 51.4 Å². The second-order valence-electron chi connectivity index (χ2n) is 31.6. The summed E-state index contributed by atoms with van der Waals surface area (Å²) in [5.41, 5.74) is 0. The number of ether oxygens (including phenoxy) is 2. The number of allylic oxidation sites excluding steroid dienone is 8. The molecule has 0 spiro atoms. The fraction of sp³-hybridized carbons (Fsp3) is 0.889. The van der Waals surface area contributed by atoms with Gasteiger partial charge in [0.1, 0.15) is 19.8 Å². The Balaban J connectivity index is 3.84. The summed E-state index contributed by atoms with van der Waals surface area (Å²) in [6.45, 7) is 4.22. The van der Waals surface area contributed by atoms with Gasteiger partial charge in [0.15, 0.2) is 6.10 Å². The molecular weight excluding hydrogens is 1250 g/mol. The van der Waals surface area contributed by atoms with Crippen molar-refractivity contribution in [3.8, 4) is 0 Å².